The molecule has 0 amide bonds. The summed E-state index contributed by atoms with van der Waals surface area (Å²) in [5, 5.41) is 7.83. The van der Waals surface area contributed by atoms with Crippen LogP contribution in [0.4, 0.5) is 0 Å². The molecule has 0 N–H and O–H groups in total. The molecule has 0 spiro atoms. The first-order valence-electron chi connectivity index (χ1n) is 4.17. The summed E-state index contributed by atoms with van der Waals surface area (Å²) in [6.07, 6.45) is 3.03. The summed E-state index contributed by atoms with van der Waals surface area (Å²) in [5.74, 6) is 1.15. The average Bonchev–Trinajstić information content (AvgIpc) is 2.48. The zero-order valence-electron chi connectivity index (χ0n) is 7.50. The Morgan fingerprint density at radius 3 is 2.83 bits per heavy atom. The molecule has 1 aromatic rings. The quantitative estimate of drug-likeness (QED) is 0.676. The summed E-state index contributed by atoms with van der Waals surface area (Å²) < 4.78 is 1.84. The van der Waals surface area contributed by atoms with Crippen LogP contribution in [0.5, 0.6) is 0 Å². The first-order chi connectivity index (χ1) is 5.72. The molecule has 0 fully saturated rings. The lowest BCUT2D eigenvalue weighted by Gasteiger charge is -2.02. The first-order valence-corrected chi connectivity index (χ1v) is 4.70. The minimum Gasteiger partial charge on any atom is -0.252 e. The second-order valence-corrected chi connectivity index (χ2v) is 3.56. The van der Waals surface area contributed by atoms with Crippen molar-refractivity contribution in [3.05, 3.63) is 11.9 Å². The van der Waals surface area contributed by atoms with Gasteiger partial charge in [0.15, 0.2) is 0 Å². The summed E-state index contributed by atoms with van der Waals surface area (Å²) in [7, 11) is 0. The summed E-state index contributed by atoms with van der Waals surface area (Å²) in [6.45, 7) is 5.32. The predicted molar refractivity (Wildman–Crippen MR) is 49.0 cm³/mol. The van der Waals surface area contributed by atoms with Gasteiger partial charge in [0, 0.05) is 12.7 Å². The third-order valence-electron chi connectivity index (χ3n) is 1.66. The molecule has 0 bridgehead atoms. The second-order valence-electron chi connectivity index (χ2n) is 3.29. The van der Waals surface area contributed by atoms with Crippen molar-refractivity contribution >= 4 is 11.6 Å². The van der Waals surface area contributed by atoms with Crippen molar-refractivity contribution in [2.24, 2.45) is 5.92 Å². The minimum atomic E-state index is 0.446. The molecule has 3 nitrogen and oxygen atoms in total. The van der Waals surface area contributed by atoms with Crippen LogP contribution >= 0.6 is 11.6 Å². The fourth-order valence-electron chi connectivity index (χ4n) is 0.900. The molecule has 12 heavy (non-hydrogen) atoms. The van der Waals surface area contributed by atoms with Crippen LogP contribution in [0.1, 0.15) is 26.0 Å². The highest BCUT2D eigenvalue weighted by Gasteiger charge is 1.99. The maximum atomic E-state index is 5.59. The predicted octanol–water partition coefficient (Wildman–Crippen LogP) is 2.06. The number of nitrogens with zero attached hydrogens (tertiary/aromatic N) is 3. The van der Waals surface area contributed by atoms with Gasteiger partial charge in [0.05, 0.1) is 11.6 Å². The van der Waals surface area contributed by atoms with Crippen LogP contribution in [-0.2, 0) is 12.4 Å². The molecule has 0 aliphatic carbocycles. The molecule has 0 atom stereocenters. The number of hydrogen-bond donors (Lipinski definition) is 0. The van der Waals surface area contributed by atoms with Gasteiger partial charge >= 0.3 is 0 Å². The maximum absolute atomic E-state index is 5.59. The van der Waals surface area contributed by atoms with Crippen molar-refractivity contribution in [3.8, 4) is 0 Å². The fourth-order valence-corrected chi connectivity index (χ4v) is 1.02. The van der Waals surface area contributed by atoms with Crippen molar-refractivity contribution in [3.63, 3.8) is 0 Å². The third kappa shape index (κ3) is 2.81. The Morgan fingerprint density at radius 1 is 1.58 bits per heavy atom. The zero-order valence-corrected chi connectivity index (χ0v) is 8.25. The topological polar surface area (TPSA) is 30.7 Å². The van der Waals surface area contributed by atoms with E-state index in [1.807, 2.05) is 10.9 Å². The van der Waals surface area contributed by atoms with Crippen LogP contribution in [0, 0.1) is 5.92 Å². The summed E-state index contributed by atoms with van der Waals surface area (Å²) in [5.41, 5.74) is 0.848. The van der Waals surface area contributed by atoms with Gasteiger partial charge in [-0.1, -0.05) is 19.1 Å². The van der Waals surface area contributed by atoms with Crippen molar-refractivity contribution in [1.29, 1.82) is 0 Å². The largest absolute Gasteiger partial charge is 0.252 e. The van der Waals surface area contributed by atoms with Gasteiger partial charge in [-0.15, -0.1) is 16.7 Å². The van der Waals surface area contributed by atoms with E-state index in [0.29, 0.717) is 11.8 Å². The molecule has 0 aliphatic heterocycles. The van der Waals surface area contributed by atoms with E-state index < -0.39 is 0 Å². The fraction of sp³-hybridized carbons (Fsp3) is 0.750. The van der Waals surface area contributed by atoms with E-state index in [1.54, 1.807) is 0 Å². The number of aryl methyl sites for hydroxylation is 1. The van der Waals surface area contributed by atoms with E-state index in [4.69, 9.17) is 11.6 Å². The molecule has 68 valence electrons. The molecule has 1 aromatic heterocycles. The lowest BCUT2D eigenvalue weighted by molar-refractivity contribution is 0.478. The van der Waals surface area contributed by atoms with Crippen LogP contribution in [0.25, 0.3) is 0 Å². The van der Waals surface area contributed by atoms with Gasteiger partial charge in [-0.3, -0.25) is 4.68 Å². The number of rotatable bonds is 4. The van der Waals surface area contributed by atoms with E-state index in [0.717, 1.165) is 18.7 Å². The van der Waals surface area contributed by atoms with Gasteiger partial charge < -0.3 is 0 Å². The van der Waals surface area contributed by atoms with E-state index in [2.05, 4.69) is 24.2 Å². The SMILES string of the molecule is CC(C)CCn1cc(CCl)nn1. The summed E-state index contributed by atoms with van der Waals surface area (Å²) in [6, 6.07) is 0. The van der Waals surface area contributed by atoms with Crippen molar-refractivity contribution in [2.45, 2.75) is 32.7 Å². The summed E-state index contributed by atoms with van der Waals surface area (Å²) >= 11 is 5.59. The van der Waals surface area contributed by atoms with E-state index >= 15 is 0 Å². The molecular weight excluding hydrogens is 174 g/mol. The average molecular weight is 188 g/mol. The van der Waals surface area contributed by atoms with Crippen LogP contribution in [0.2, 0.25) is 0 Å². The molecule has 4 heteroatoms. The molecule has 0 saturated heterocycles. The summed E-state index contributed by atoms with van der Waals surface area (Å²) in [4.78, 5) is 0. The molecule has 0 aliphatic rings. The Bertz CT molecular complexity index is 232. The van der Waals surface area contributed by atoms with Gasteiger partial charge in [-0.2, -0.15) is 0 Å². The molecule has 0 saturated carbocycles. The number of halogens is 1. The highest BCUT2D eigenvalue weighted by molar-refractivity contribution is 6.16. The van der Waals surface area contributed by atoms with Crippen LogP contribution in [-0.4, -0.2) is 15.0 Å². The molecule has 0 unspecified atom stereocenters. The normalized spacial score (nSPS) is 11.0. The number of hydrogen-bond acceptors (Lipinski definition) is 2. The number of aromatic nitrogens is 3. The lowest BCUT2D eigenvalue weighted by Crippen LogP contribution is -2.01. The van der Waals surface area contributed by atoms with Crippen LogP contribution in [0.3, 0.4) is 0 Å². The minimum absolute atomic E-state index is 0.446. The Labute approximate surface area is 77.7 Å². The van der Waals surface area contributed by atoms with Gasteiger partial charge in [0.1, 0.15) is 0 Å². The molecule has 1 heterocycles. The first kappa shape index (κ1) is 9.52. The van der Waals surface area contributed by atoms with Crippen molar-refractivity contribution in [1.82, 2.24) is 15.0 Å². The van der Waals surface area contributed by atoms with E-state index in [-0.39, 0.29) is 0 Å². The second kappa shape index (κ2) is 4.45. The Kier molecular flexibility index (Phi) is 3.53. The van der Waals surface area contributed by atoms with Crippen molar-refractivity contribution in [2.75, 3.05) is 0 Å². The van der Waals surface area contributed by atoms with Crippen molar-refractivity contribution < 1.29 is 0 Å². The van der Waals surface area contributed by atoms with Gasteiger partial charge in [0.2, 0.25) is 0 Å². The standard InChI is InChI=1S/C8H14ClN3/c1-7(2)3-4-12-6-8(5-9)10-11-12/h6-7H,3-5H2,1-2H3. The van der Waals surface area contributed by atoms with Gasteiger partial charge in [-0.25, -0.2) is 0 Å². The number of alkyl halides is 1. The highest BCUT2D eigenvalue weighted by atomic mass is 35.5. The van der Waals surface area contributed by atoms with Gasteiger partial charge in [-0.05, 0) is 12.3 Å². The molecular formula is C8H14ClN3. The van der Waals surface area contributed by atoms with Crippen LogP contribution in [0.15, 0.2) is 6.20 Å². The highest BCUT2D eigenvalue weighted by Crippen LogP contribution is 2.03. The third-order valence-corrected chi connectivity index (χ3v) is 1.93. The molecule has 0 aromatic carbocycles. The molecule has 0 radical (unpaired) electrons. The Balaban J connectivity index is 2.41. The zero-order chi connectivity index (χ0) is 8.97. The van der Waals surface area contributed by atoms with Gasteiger partial charge in [0.25, 0.3) is 0 Å². The van der Waals surface area contributed by atoms with Crippen LogP contribution < -0.4 is 0 Å². The molecule has 1 rings (SSSR count). The monoisotopic (exact) mass is 187 g/mol. The Morgan fingerprint density at radius 2 is 2.33 bits per heavy atom. The smallest absolute Gasteiger partial charge is 0.0974 e. The Hall–Kier alpha value is -0.570. The van der Waals surface area contributed by atoms with E-state index in [1.165, 1.54) is 0 Å². The lowest BCUT2D eigenvalue weighted by atomic mass is 10.1. The maximum Gasteiger partial charge on any atom is 0.0974 e. The van der Waals surface area contributed by atoms with E-state index in [9.17, 15) is 0 Å².